The van der Waals surface area contributed by atoms with Gasteiger partial charge in [0.1, 0.15) is 18.0 Å². The second kappa shape index (κ2) is 13.7. The molecule has 3 fully saturated rings. The summed E-state index contributed by atoms with van der Waals surface area (Å²) >= 11 is 0. The van der Waals surface area contributed by atoms with Gasteiger partial charge in [0.15, 0.2) is 0 Å². The first-order valence-corrected chi connectivity index (χ1v) is 14.0. The summed E-state index contributed by atoms with van der Waals surface area (Å²) in [5, 5.41) is 13.7. The molecular weight excluding hydrogens is 466 g/mol. The fraction of sp³-hybridized carbons (Fsp3) is 0.677. The zero-order valence-corrected chi connectivity index (χ0v) is 23.3. The summed E-state index contributed by atoms with van der Waals surface area (Å²) in [7, 11) is 0. The average Bonchev–Trinajstić information content (AvgIpc) is 3.64. The van der Waals surface area contributed by atoms with Crippen molar-refractivity contribution in [2.24, 2.45) is 17.8 Å². The smallest absolute Gasteiger partial charge is 0.243 e. The van der Waals surface area contributed by atoms with Crippen molar-refractivity contribution < 1.29 is 24.2 Å². The number of aliphatic hydroxyl groups excluding tert-OH is 1. The highest BCUT2D eigenvalue weighted by atomic mass is 16.5. The maximum Gasteiger partial charge on any atom is 0.243 e. The molecule has 206 valence electrons. The normalized spacial score (nSPS) is 33.4. The summed E-state index contributed by atoms with van der Waals surface area (Å²) in [5.41, 5.74) is 1.79. The third-order valence-corrected chi connectivity index (χ3v) is 7.64. The van der Waals surface area contributed by atoms with E-state index in [4.69, 9.17) is 9.47 Å². The van der Waals surface area contributed by atoms with E-state index in [1.807, 2.05) is 45.9 Å². The number of amides is 1. The molecule has 0 aromatic rings. The summed E-state index contributed by atoms with van der Waals surface area (Å²) in [6.45, 7) is 14.3. The topological polar surface area (TPSA) is 84.9 Å². The summed E-state index contributed by atoms with van der Waals surface area (Å²) in [6, 6.07) is 0.00248. The second-order valence-electron chi connectivity index (χ2n) is 11.8. The minimum Gasteiger partial charge on any atom is -0.386 e. The number of rotatable bonds is 11. The van der Waals surface area contributed by atoms with Gasteiger partial charge in [0, 0.05) is 12.8 Å². The Bertz CT molecular complexity index is 899. The number of Topliss-reactive ketones (excluding diaryl/α,β-unsaturated/α-hetero) is 1. The number of carbonyl (C=O) groups excluding carboxylic acids is 2. The van der Waals surface area contributed by atoms with E-state index in [1.165, 1.54) is 0 Å². The molecule has 7 atom stereocenters. The van der Waals surface area contributed by atoms with Crippen molar-refractivity contribution >= 4 is 11.7 Å². The highest BCUT2D eigenvalue weighted by Gasteiger charge is 2.34. The van der Waals surface area contributed by atoms with E-state index < -0.39 is 12.2 Å². The van der Waals surface area contributed by atoms with Gasteiger partial charge in [0.2, 0.25) is 5.91 Å². The first kappa shape index (κ1) is 29.5. The summed E-state index contributed by atoms with van der Waals surface area (Å²) in [4.78, 5) is 24.5. The van der Waals surface area contributed by atoms with Crippen molar-refractivity contribution in [2.75, 3.05) is 0 Å². The molecule has 2 N–H and O–H groups in total. The Morgan fingerprint density at radius 2 is 1.89 bits per heavy atom. The Morgan fingerprint density at radius 1 is 1.16 bits per heavy atom. The van der Waals surface area contributed by atoms with Crippen molar-refractivity contribution in [2.45, 2.75) is 116 Å². The molecule has 2 saturated heterocycles. The zero-order chi connectivity index (χ0) is 27.1. The number of nitrogens with one attached hydrogen (secondary N) is 1. The number of ether oxygens (including phenoxy) is 2. The Balaban J connectivity index is 1.49. The molecule has 3 rings (SSSR count). The van der Waals surface area contributed by atoms with E-state index in [0.29, 0.717) is 37.0 Å². The van der Waals surface area contributed by atoms with Crippen LogP contribution in [0.4, 0.5) is 0 Å². The van der Waals surface area contributed by atoms with Gasteiger partial charge in [-0.05, 0) is 75.4 Å². The predicted octanol–water partition coefficient (Wildman–Crippen LogP) is 5.22. The number of hydrogen-bond donors (Lipinski definition) is 2. The number of carbonyl (C=O) groups is 2. The van der Waals surface area contributed by atoms with E-state index in [2.05, 4.69) is 24.9 Å². The van der Waals surface area contributed by atoms with Crippen molar-refractivity contribution in [3.8, 4) is 0 Å². The number of ketones is 1. The van der Waals surface area contributed by atoms with Gasteiger partial charge in [-0.3, -0.25) is 9.59 Å². The van der Waals surface area contributed by atoms with Gasteiger partial charge in [0.05, 0.1) is 24.4 Å². The van der Waals surface area contributed by atoms with E-state index in [-0.39, 0.29) is 36.0 Å². The molecule has 2 aliphatic heterocycles. The van der Waals surface area contributed by atoms with Crippen LogP contribution in [0.3, 0.4) is 0 Å². The molecule has 0 spiro atoms. The van der Waals surface area contributed by atoms with Crippen molar-refractivity contribution in [3.63, 3.8) is 0 Å². The minimum atomic E-state index is -0.760. The third kappa shape index (κ3) is 9.66. The highest BCUT2D eigenvalue weighted by Crippen LogP contribution is 2.34. The number of allylic oxidation sites excluding steroid dienone is 3. The Hall–Kier alpha value is -2.02. The van der Waals surface area contributed by atoms with Crippen LogP contribution in [0.15, 0.2) is 48.1 Å². The molecule has 2 heterocycles. The molecule has 0 unspecified atom stereocenters. The molecule has 6 heteroatoms. The average molecular weight is 514 g/mol. The van der Waals surface area contributed by atoms with E-state index >= 15 is 0 Å². The van der Waals surface area contributed by atoms with Crippen LogP contribution in [-0.4, -0.2) is 53.4 Å². The highest BCUT2D eigenvalue weighted by molar-refractivity contribution is 5.87. The van der Waals surface area contributed by atoms with Crippen molar-refractivity contribution in [1.29, 1.82) is 0 Å². The lowest BCUT2D eigenvalue weighted by molar-refractivity contribution is -0.126. The van der Waals surface area contributed by atoms with E-state index in [9.17, 15) is 14.7 Å². The van der Waals surface area contributed by atoms with Crippen LogP contribution in [0.1, 0.15) is 79.6 Å². The Kier molecular flexibility index (Phi) is 10.9. The quantitative estimate of drug-likeness (QED) is 0.225. The first-order valence-electron chi connectivity index (χ1n) is 14.0. The molecule has 37 heavy (non-hydrogen) atoms. The van der Waals surface area contributed by atoms with E-state index in [1.54, 1.807) is 6.08 Å². The van der Waals surface area contributed by atoms with Gasteiger partial charge >= 0.3 is 0 Å². The summed E-state index contributed by atoms with van der Waals surface area (Å²) in [5.74, 6) is 1.41. The summed E-state index contributed by atoms with van der Waals surface area (Å²) < 4.78 is 12.4. The summed E-state index contributed by atoms with van der Waals surface area (Å²) in [6.07, 6.45) is 13.6. The van der Waals surface area contributed by atoms with Gasteiger partial charge < -0.3 is 19.9 Å². The predicted molar refractivity (Wildman–Crippen MR) is 147 cm³/mol. The largest absolute Gasteiger partial charge is 0.386 e. The van der Waals surface area contributed by atoms with Crippen LogP contribution in [0.2, 0.25) is 0 Å². The first-order chi connectivity index (χ1) is 17.5. The van der Waals surface area contributed by atoms with Crippen LogP contribution in [0.5, 0.6) is 0 Å². The third-order valence-electron chi connectivity index (χ3n) is 7.64. The molecule has 0 radical (unpaired) electrons. The minimum absolute atomic E-state index is 0.00248. The van der Waals surface area contributed by atoms with Gasteiger partial charge in [-0.25, -0.2) is 0 Å². The molecule has 1 amide bonds. The van der Waals surface area contributed by atoms with Crippen LogP contribution in [-0.2, 0) is 19.1 Å². The van der Waals surface area contributed by atoms with Crippen LogP contribution < -0.4 is 5.32 Å². The lowest BCUT2D eigenvalue weighted by atomic mass is 9.88. The SMILES string of the molecule is C=C1C[C@@H](CC(=O)CC2CC2)O[C@H](/C=C/C(C)=C/C[C@@H]2O[C@H](C)[C@H](NC(=O)/C=C\C(C)C)C[C@@H]2C)[C@H]1O. The molecule has 0 aromatic heterocycles. The Labute approximate surface area is 223 Å². The lowest BCUT2D eigenvalue weighted by Gasteiger charge is -2.39. The van der Waals surface area contributed by atoms with Crippen LogP contribution in [0.25, 0.3) is 0 Å². The number of hydrogen-bond acceptors (Lipinski definition) is 5. The molecule has 0 aromatic carbocycles. The lowest BCUT2D eigenvalue weighted by Crippen LogP contribution is -2.50. The maximum atomic E-state index is 12.3. The van der Waals surface area contributed by atoms with Gasteiger partial charge in [-0.1, -0.05) is 57.2 Å². The zero-order valence-electron chi connectivity index (χ0n) is 23.3. The fourth-order valence-electron chi connectivity index (χ4n) is 5.08. The fourth-order valence-corrected chi connectivity index (χ4v) is 5.08. The maximum absolute atomic E-state index is 12.3. The van der Waals surface area contributed by atoms with Crippen molar-refractivity contribution in [3.05, 3.63) is 48.1 Å². The van der Waals surface area contributed by atoms with E-state index in [0.717, 1.165) is 36.8 Å². The molecule has 1 saturated carbocycles. The van der Waals surface area contributed by atoms with Gasteiger partial charge in [-0.15, -0.1) is 0 Å². The molecule has 3 aliphatic rings. The molecular formula is C31H47NO5. The molecule has 0 bridgehead atoms. The van der Waals surface area contributed by atoms with Gasteiger partial charge in [0.25, 0.3) is 0 Å². The van der Waals surface area contributed by atoms with Crippen LogP contribution in [0, 0.1) is 17.8 Å². The van der Waals surface area contributed by atoms with Gasteiger partial charge in [-0.2, -0.15) is 0 Å². The number of aliphatic hydroxyl groups is 1. The monoisotopic (exact) mass is 513 g/mol. The van der Waals surface area contributed by atoms with Crippen molar-refractivity contribution in [1.82, 2.24) is 5.32 Å². The molecule has 6 nitrogen and oxygen atoms in total. The standard InChI is InChI=1S/C31H47NO5/c1-19(2)7-14-30(34)32-27-16-21(4)28(36-23(27)6)12-8-20(3)9-13-29-31(35)22(5)15-26(37-29)18-25(33)17-24-10-11-24/h7-9,13-14,19,21,23-24,26-29,31,35H,5,10-12,15-18H2,1-4,6H3,(H,32,34)/b13-9+,14-7-,20-8+/t21-,23+,26-,27+,28-,29+,31-/m0/s1. The Morgan fingerprint density at radius 3 is 2.57 bits per heavy atom. The molecule has 1 aliphatic carbocycles. The van der Waals surface area contributed by atoms with Crippen LogP contribution >= 0.6 is 0 Å². The second-order valence-corrected chi connectivity index (χ2v) is 11.8.